The van der Waals surface area contributed by atoms with E-state index in [0.717, 1.165) is 16.4 Å². The van der Waals surface area contributed by atoms with E-state index < -0.39 is 0 Å². The van der Waals surface area contributed by atoms with Gasteiger partial charge >= 0.3 is 0 Å². The van der Waals surface area contributed by atoms with Crippen molar-refractivity contribution in [3.8, 4) is 0 Å². The van der Waals surface area contributed by atoms with Crippen molar-refractivity contribution < 1.29 is 9.66 Å². The molecule has 1 aromatic rings. The lowest BCUT2D eigenvalue weighted by Crippen LogP contribution is -2.15. The molecule has 0 heterocycles. The Morgan fingerprint density at radius 2 is 2.16 bits per heavy atom. The molecule has 2 rings (SSSR count). The molecule has 0 aromatic heterocycles. The minimum absolute atomic E-state index is 0.118. The van der Waals surface area contributed by atoms with Crippen LogP contribution in [0, 0.1) is 13.7 Å². The van der Waals surface area contributed by atoms with Gasteiger partial charge in [0.2, 0.25) is 0 Å². The van der Waals surface area contributed by atoms with Crippen LogP contribution < -0.4 is 5.32 Å². The Labute approximate surface area is 126 Å². The number of halogens is 1. The smallest absolute Gasteiger partial charge is 0.293 e. The first-order valence-corrected chi connectivity index (χ1v) is 7.54. The van der Waals surface area contributed by atoms with Crippen molar-refractivity contribution in [1.29, 1.82) is 0 Å². The van der Waals surface area contributed by atoms with Crippen molar-refractivity contribution in [2.24, 2.45) is 0 Å². The minimum Gasteiger partial charge on any atom is -0.377 e. The maximum Gasteiger partial charge on any atom is 0.293 e. The van der Waals surface area contributed by atoms with Gasteiger partial charge in [-0.1, -0.05) is 12.8 Å². The van der Waals surface area contributed by atoms with E-state index in [0.29, 0.717) is 24.9 Å². The lowest BCUT2D eigenvalue weighted by Gasteiger charge is -2.12. The van der Waals surface area contributed by atoms with Gasteiger partial charge < -0.3 is 10.1 Å². The number of nitro benzene ring substituents is 1. The Bertz CT molecular complexity index is 448. The first kappa shape index (κ1) is 14.5. The summed E-state index contributed by atoms with van der Waals surface area (Å²) in [6.07, 6.45) is 5.17. The Balaban J connectivity index is 1.83. The molecule has 1 N–H and O–H groups in total. The van der Waals surface area contributed by atoms with Crippen LogP contribution >= 0.6 is 22.6 Å². The van der Waals surface area contributed by atoms with Gasteiger partial charge in [-0.3, -0.25) is 10.1 Å². The minimum atomic E-state index is -0.359. The third-order valence-electron chi connectivity index (χ3n) is 3.23. The molecule has 0 aliphatic heterocycles. The fraction of sp³-hybridized carbons (Fsp3) is 0.538. The van der Waals surface area contributed by atoms with Crippen molar-refractivity contribution in [1.82, 2.24) is 0 Å². The molecule has 1 saturated carbocycles. The molecule has 19 heavy (non-hydrogen) atoms. The van der Waals surface area contributed by atoms with E-state index in [1.807, 2.05) is 6.07 Å². The van der Waals surface area contributed by atoms with Gasteiger partial charge in [0.15, 0.2) is 0 Å². The second-order valence-corrected chi connectivity index (χ2v) is 5.87. The topological polar surface area (TPSA) is 64.4 Å². The zero-order valence-corrected chi connectivity index (χ0v) is 12.8. The van der Waals surface area contributed by atoms with Gasteiger partial charge in [-0.2, -0.15) is 0 Å². The SMILES string of the molecule is O=[N+]([O-])c1cc(I)ccc1NCCOC1CCCC1. The normalized spacial score (nSPS) is 15.6. The Morgan fingerprint density at radius 1 is 1.42 bits per heavy atom. The van der Waals surface area contributed by atoms with Gasteiger partial charge in [0.1, 0.15) is 5.69 Å². The quantitative estimate of drug-likeness (QED) is 0.357. The second-order valence-electron chi connectivity index (χ2n) is 4.62. The van der Waals surface area contributed by atoms with Crippen molar-refractivity contribution >= 4 is 34.0 Å². The van der Waals surface area contributed by atoms with E-state index in [4.69, 9.17) is 4.74 Å². The third-order valence-corrected chi connectivity index (χ3v) is 3.90. The number of nitro groups is 1. The average Bonchev–Trinajstić information content (AvgIpc) is 2.89. The van der Waals surface area contributed by atoms with Gasteiger partial charge in [-0.05, 0) is 47.6 Å². The van der Waals surface area contributed by atoms with Crippen molar-refractivity contribution in [3.63, 3.8) is 0 Å². The number of benzene rings is 1. The number of ether oxygens (including phenoxy) is 1. The predicted octanol–water partition coefficient (Wildman–Crippen LogP) is 3.57. The molecular formula is C13H17IN2O3. The van der Waals surface area contributed by atoms with E-state index in [9.17, 15) is 10.1 Å². The number of rotatable bonds is 6. The fourth-order valence-corrected chi connectivity index (χ4v) is 2.75. The maximum atomic E-state index is 10.9. The van der Waals surface area contributed by atoms with Gasteiger partial charge in [0, 0.05) is 16.2 Å². The fourth-order valence-electron chi connectivity index (χ4n) is 2.27. The highest BCUT2D eigenvalue weighted by atomic mass is 127. The Hall–Kier alpha value is -0.890. The molecule has 0 radical (unpaired) electrons. The lowest BCUT2D eigenvalue weighted by molar-refractivity contribution is -0.384. The number of hydrogen-bond acceptors (Lipinski definition) is 4. The lowest BCUT2D eigenvalue weighted by atomic mass is 10.2. The van der Waals surface area contributed by atoms with E-state index in [2.05, 4.69) is 27.9 Å². The summed E-state index contributed by atoms with van der Waals surface area (Å²) in [6, 6.07) is 5.17. The van der Waals surface area contributed by atoms with Crippen LogP contribution in [0.1, 0.15) is 25.7 Å². The highest BCUT2D eigenvalue weighted by Gasteiger charge is 2.16. The summed E-state index contributed by atoms with van der Waals surface area (Å²) >= 11 is 2.07. The zero-order chi connectivity index (χ0) is 13.7. The summed E-state index contributed by atoms with van der Waals surface area (Å²) in [5, 5.41) is 14.0. The van der Waals surface area contributed by atoms with Crippen molar-refractivity contribution in [3.05, 3.63) is 31.9 Å². The molecule has 0 amide bonds. The van der Waals surface area contributed by atoms with Crippen LogP contribution in [-0.4, -0.2) is 24.2 Å². The largest absolute Gasteiger partial charge is 0.377 e. The molecule has 5 nitrogen and oxygen atoms in total. The van der Waals surface area contributed by atoms with Crippen LogP contribution in [0.2, 0.25) is 0 Å². The van der Waals surface area contributed by atoms with E-state index >= 15 is 0 Å². The van der Waals surface area contributed by atoms with Crippen LogP contribution in [0.5, 0.6) is 0 Å². The summed E-state index contributed by atoms with van der Waals surface area (Å²) in [4.78, 5) is 10.6. The van der Waals surface area contributed by atoms with Crippen LogP contribution in [-0.2, 0) is 4.74 Å². The molecule has 6 heteroatoms. The molecular weight excluding hydrogens is 359 g/mol. The molecule has 0 spiro atoms. The number of anilines is 1. The molecule has 0 bridgehead atoms. The van der Waals surface area contributed by atoms with Crippen LogP contribution in [0.3, 0.4) is 0 Å². The first-order valence-electron chi connectivity index (χ1n) is 6.46. The van der Waals surface area contributed by atoms with Crippen LogP contribution in [0.4, 0.5) is 11.4 Å². The van der Waals surface area contributed by atoms with Crippen LogP contribution in [0.25, 0.3) is 0 Å². The number of nitrogens with zero attached hydrogens (tertiary/aromatic N) is 1. The Morgan fingerprint density at radius 3 is 2.84 bits per heavy atom. The summed E-state index contributed by atoms with van der Waals surface area (Å²) in [5.74, 6) is 0. The van der Waals surface area contributed by atoms with Crippen LogP contribution in [0.15, 0.2) is 18.2 Å². The summed E-state index contributed by atoms with van der Waals surface area (Å²) in [7, 11) is 0. The van der Waals surface area contributed by atoms with Gasteiger partial charge in [-0.25, -0.2) is 0 Å². The van der Waals surface area contributed by atoms with Crippen molar-refractivity contribution in [2.75, 3.05) is 18.5 Å². The van der Waals surface area contributed by atoms with Gasteiger partial charge in [0.05, 0.1) is 17.6 Å². The molecule has 0 unspecified atom stereocenters. The third kappa shape index (κ3) is 4.31. The van der Waals surface area contributed by atoms with E-state index in [1.165, 1.54) is 12.8 Å². The first-order chi connectivity index (χ1) is 9.16. The molecule has 0 atom stereocenters. The van der Waals surface area contributed by atoms with Gasteiger partial charge in [0.25, 0.3) is 5.69 Å². The highest BCUT2D eigenvalue weighted by Crippen LogP contribution is 2.26. The van der Waals surface area contributed by atoms with E-state index in [-0.39, 0.29) is 10.6 Å². The zero-order valence-electron chi connectivity index (χ0n) is 10.6. The van der Waals surface area contributed by atoms with Crippen molar-refractivity contribution in [2.45, 2.75) is 31.8 Å². The average molecular weight is 376 g/mol. The molecule has 1 aliphatic rings. The van der Waals surface area contributed by atoms with E-state index in [1.54, 1.807) is 12.1 Å². The summed E-state index contributed by atoms with van der Waals surface area (Å²) in [5.41, 5.74) is 0.674. The molecule has 104 valence electrons. The second kappa shape index (κ2) is 7.04. The summed E-state index contributed by atoms with van der Waals surface area (Å²) in [6.45, 7) is 1.19. The number of hydrogen-bond donors (Lipinski definition) is 1. The standard InChI is InChI=1S/C13H17IN2O3/c14-10-5-6-12(13(9-10)16(17)18)15-7-8-19-11-3-1-2-4-11/h5-6,9,11,15H,1-4,7-8H2. The molecule has 0 saturated heterocycles. The Kier molecular flexibility index (Phi) is 5.38. The molecule has 1 fully saturated rings. The number of nitrogens with one attached hydrogen (secondary N) is 1. The predicted molar refractivity (Wildman–Crippen MR) is 82.5 cm³/mol. The maximum absolute atomic E-state index is 10.9. The molecule has 1 aromatic carbocycles. The van der Waals surface area contributed by atoms with Gasteiger partial charge in [-0.15, -0.1) is 0 Å². The molecule has 1 aliphatic carbocycles. The monoisotopic (exact) mass is 376 g/mol. The highest BCUT2D eigenvalue weighted by molar-refractivity contribution is 14.1. The summed E-state index contributed by atoms with van der Waals surface area (Å²) < 4.78 is 6.57.